The van der Waals surface area contributed by atoms with Crippen LogP contribution >= 0.6 is 0 Å². The fraction of sp³-hybridized carbons (Fsp3) is 1.00. The van der Waals surface area contributed by atoms with E-state index in [4.69, 9.17) is 31.9 Å². The molecule has 1 fully saturated rings. The molecule has 6 nitrogen and oxygen atoms in total. The van der Waals surface area contributed by atoms with E-state index in [2.05, 4.69) is 0 Å². The maximum absolute atomic E-state index is 9.65. The highest BCUT2D eigenvalue weighted by Crippen LogP contribution is 2.21. The van der Waals surface area contributed by atoms with E-state index in [-0.39, 0.29) is 20.2 Å². The van der Waals surface area contributed by atoms with Crippen LogP contribution in [0.25, 0.3) is 0 Å². The highest BCUT2D eigenvalue weighted by Gasteiger charge is 2.41. The van der Waals surface area contributed by atoms with Crippen molar-refractivity contribution in [2.24, 2.45) is 0 Å². The van der Waals surface area contributed by atoms with E-state index in [0.29, 0.717) is 6.61 Å². The molecule has 1 aliphatic rings. The van der Waals surface area contributed by atoms with Crippen LogP contribution in [0.2, 0.25) is 0 Å². The zero-order valence-corrected chi connectivity index (χ0v) is 9.24. The Labute approximate surface area is 95.8 Å². The fourth-order valence-corrected chi connectivity index (χ4v) is 1.41. The summed E-state index contributed by atoms with van der Waals surface area (Å²) in [7, 11) is 5.57. The standard InChI is InChI=1S/C9H17BO6/c1-2-13-4-14-5-15-8-7(12)6(3-11)16-9(8)10/h6-9,11-12H,2-5H2,1H3/t6-,7+,8?,9-/m1/s1. The molecule has 2 N–H and O–H groups in total. The Kier molecular flexibility index (Phi) is 6.26. The Bertz CT molecular complexity index is 193. The number of ether oxygens (including phenoxy) is 4. The Morgan fingerprint density at radius 1 is 1.31 bits per heavy atom. The van der Waals surface area contributed by atoms with Crippen molar-refractivity contribution in [2.75, 3.05) is 26.8 Å². The summed E-state index contributed by atoms with van der Waals surface area (Å²) >= 11 is 0. The second-order valence-electron chi connectivity index (χ2n) is 3.38. The van der Waals surface area contributed by atoms with Gasteiger partial charge in [-0.3, -0.25) is 0 Å². The molecule has 7 heteroatoms. The van der Waals surface area contributed by atoms with Crippen LogP contribution in [0.5, 0.6) is 0 Å². The van der Waals surface area contributed by atoms with Crippen molar-refractivity contribution in [1.82, 2.24) is 0 Å². The Morgan fingerprint density at radius 3 is 2.62 bits per heavy atom. The number of rotatable bonds is 7. The lowest BCUT2D eigenvalue weighted by atomic mass is 9.93. The number of aliphatic hydroxyl groups excluding tert-OH is 2. The first kappa shape index (κ1) is 13.9. The fourth-order valence-electron chi connectivity index (χ4n) is 1.41. The van der Waals surface area contributed by atoms with E-state index in [1.54, 1.807) is 0 Å². The molecular weight excluding hydrogens is 215 g/mol. The van der Waals surface area contributed by atoms with Crippen LogP contribution in [0.3, 0.4) is 0 Å². The van der Waals surface area contributed by atoms with Gasteiger partial charge in [0, 0.05) is 12.6 Å². The summed E-state index contributed by atoms with van der Waals surface area (Å²) in [5.41, 5.74) is 0. The SMILES string of the molecule is [B][C@@H]1O[C@H](CO)[C@H](O)C1OCOCOCC. The highest BCUT2D eigenvalue weighted by molar-refractivity contribution is 6.11. The second kappa shape index (κ2) is 7.21. The Balaban J connectivity index is 2.20. The first-order chi connectivity index (χ1) is 7.70. The molecule has 92 valence electrons. The van der Waals surface area contributed by atoms with Gasteiger partial charge < -0.3 is 29.2 Å². The van der Waals surface area contributed by atoms with Crippen molar-refractivity contribution in [2.45, 2.75) is 31.2 Å². The van der Waals surface area contributed by atoms with E-state index in [0.717, 1.165) is 0 Å². The number of aliphatic hydroxyl groups is 2. The van der Waals surface area contributed by atoms with Gasteiger partial charge in [-0.05, 0) is 6.92 Å². The van der Waals surface area contributed by atoms with Gasteiger partial charge in [0.2, 0.25) is 0 Å². The van der Waals surface area contributed by atoms with Gasteiger partial charge in [0.25, 0.3) is 0 Å². The summed E-state index contributed by atoms with van der Waals surface area (Å²) in [4.78, 5) is 0. The minimum atomic E-state index is -0.948. The van der Waals surface area contributed by atoms with Gasteiger partial charge >= 0.3 is 0 Å². The van der Waals surface area contributed by atoms with Crippen LogP contribution < -0.4 is 0 Å². The van der Waals surface area contributed by atoms with E-state index in [1.165, 1.54) is 0 Å². The van der Waals surface area contributed by atoms with Gasteiger partial charge in [-0.15, -0.1) is 0 Å². The van der Waals surface area contributed by atoms with Gasteiger partial charge in [-0.25, -0.2) is 0 Å². The molecule has 0 saturated carbocycles. The van der Waals surface area contributed by atoms with E-state index < -0.39 is 24.3 Å². The van der Waals surface area contributed by atoms with Crippen molar-refractivity contribution < 1.29 is 29.2 Å². The van der Waals surface area contributed by atoms with Crippen molar-refractivity contribution in [3.05, 3.63) is 0 Å². The zero-order chi connectivity index (χ0) is 12.0. The molecule has 4 atom stereocenters. The van der Waals surface area contributed by atoms with Crippen LogP contribution in [0.1, 0.15) is 6.92 Å². The third-order valence-corrected chi connectivity index (χ3v) is 2.27. The third kappa shape index (κ3) is 3.69. The average molecular weight is 232 g/mol. The highest BCUT2D eigenvalue weighted by atomic mass is 16.7. The molecule has 0 bridgehead atoms. The van der Waals surface area contributed by atoms with Gasteiger partial charge in [0.15, 0.2) is 0 Å². The maximum atomic E-state index is 9.65. The van der Waals surface area contributed by atoms with Crippen LogP contribution in [0.15, 0.2) is 0 Å². The smallest absolute Gasteiger partial charge is 0.150 e. The Morgan fingerprint density at radius 2 is 2.06 bits per heavy atom. The summed E-state index contributed by atoms with van der Waals surface area (Å²) < 4.78 is 20.2. The van der Waals surface area contributed by atoms with Crippen LogP contribution in [0.4, 0.5) is 0 Å². The molecule has 1 saturated heterocycles. The third-order valence-electron chi connectivity index (χ3n) is 2.27. The topological polar surface area (TPSA) is 77.4 Å². The normalized spacial score (nSPS) is 34.4. The lowest BCUT2D eigenvalue weighted by molar-refractivity contribution is -0.161. The molecule has 0 aromatic carbocycles. The lowest BCUT2D eigenvalue weighted by Crippen LogP contribution is -2.37. The number of hydrogen-bond donors (Lipinski definition) is 2. The minimum absolute atomic E-state index is 0.0447. The predicted octanol–water partition coefficient (Wildman–Crippen LogP) is -1.41. The van der Waals surface area contributed by atoms with Gasteiger partial charge in [-0.2, -0.15) is 0 Å². The second-order valence-corrected chi connectivity index (χ2v) is 3.38. The molecular formula is C9H17BO6. The molecule has 0 aromatic heterocycles. The van der Waals surface area contributed by atoms with E-state index >= 15 is 0 Å². The average Bonchev–Trinajstić information content (AvgIpc) is 2.55. The molecule has 1 aliphatic heterocycles. The molecule has 0 aliphatic carbocycles. The van der Waals surface area contributed by atoms with Crippen LogP contribution in [0, 0.1) is 0 Å². The van der Waals surface area contributed by atoms with Crippen molar-refractivity contribution >= 4 is 7.85 Å². The first-order valence-electron chi connectivity index (χ1n) is 5.17. The molecule has 0 aromatic rings. The monoisotopic (exact) mass is 232 g/mol. The summed E-state index contributed by atoms with van der Waals surface area (Å²) in [6, 6.07) is -0.761. The first-order valence-corrected chi connectivity index (χ1v) is 5.17. The maximum Gasteiger partial charge on any atom is 0.150 e. The molecule has 0 amide bonds. The van der Waals surface area contributed by atoms with Crippen molar-refractivity contribution in [3.8, 4) is 0 Å². The molecule has 2 radical (unpaired) electrons. The molecule has 1 heterocycles. The van der Waals surface area contributed by atoms with Gasteiger partial charge in [0.05, 0.1) is 6.61 Å². The van der Waals surface area contributed by atoms with Gasteiger partial charge in [-0.1, -0.05) is 0 Å². The summed E-state index contributed by atoms with van der Waals surface area (Å²) in [5, 5.41) is 18.5. The Hall–Kier alpha value is -0.175. The van der Waals surface area contributed by atoms with Crippen molar-refractivity contribution in [3.63, 3.8) is 0 Å². The largest absolute Gasteiger partial charge is 0.394 e. The van der Waals surface area contributed by atoms with Crippen LogP contribution in [-0.4, -0.2) is 69.2 Å². The number of hydrogen-bond acceptors (Lipinski definition) is 6. The van der Waals surface area contributed by atoms with E-state index in [9.17, 15) is 5.11 Å². The zero-order valence-electron chi connectivity index (χ0n) is 9.24. The molecule has 0 spiro atoms. The summed E-state index contributed by atoms with van der Waals surface area (Å²) in [5.74, 6) is 0. The van der Waals surface area contributed by atoms with Gasteiger partial charge in [0.1, 0.15) is 39.7 Å². The lowest BCUT2D eigenvalue weighted by Gasteiger charge is -2.18. The predicted molar refractivity (Wildman–Crippen MR) is 54.8 cm³/mol. The van der Waals surface area contributed by atoms with E-state index in [1.807, 2.05) is 6.92 Å². The summed E-state index contributed by atoms with van der Waals surface area (Å²) in [6.07, 6.45) is -2.35. The molecule has 16 heavy (non-hydrogen) atoms. The minimum Gasteiger partial charge on any atom is -0.394 e. The molecule has 1 rings (SSSR count). The quantitative estimate of drug-likeness (QED) is 0.319. The van der Waals surface area contributed by atoms with Crippen molar-refractivity contribution in [1.29, 1.82) is 0 Å². The van der Waals surface area contributed by atoms with Crippen LogP contribution in [-0.2, 0) is 18.9 Å². The summed E-state index contributed by atoms with van der Waals surface area (Å²) in [6.45, 7) is 2.19. The molecule has 1 unspecified atom stereocenters.